The molecule has 0 aliphatic carbocycles. The van der Waals surface area contributed by atoms with Gasteiger partial charge in [0.05, 0.1) is 0 Å². The molecule has 0 unspecified atom stereocenters. The average Bonchev–Trinajstić information content (AvgIpc) is 1.87. The van der Waals surface area contributed by atoms with Crippen molar-refractivity contribution in [1.29, 1.82) is 0 Å². The zero-order chi connectivity index (χ0) is 5.28. The van der Waals surface area contributed by atoms with Gasteiger partial charge in [-0.3, -0.25) is 0 Å². The Hall–Kier alpha value is -0.325. The third kappa shape index (κ3) is 1.02. The molecule has 0 aromatic carbocycles. The van der Waals surface area contributed by atoms with Gasteiger partial charge in [-0.05, 0) is 0 Å². The van der Waals surface area contributed by atoms with Crippen molar-refractivity contribution in [3.05, 3.63) is 11.5 Å². The van der Waals surface area contributed by atoms with E-state index in [0.29, 0.717) is 0 Å². The van der Waals surface area contributed by atoms with E-state index in [9.17, 15) is 0 Å². The Morgan fingerprint density at radius 3 is 2.43 bits per heavy atom. The van der Waals surface area contributed by atoms with Crippen LogP contribution in [0.3, 0.4) is 0 Å². The number of hydrogen-bond donors (Lipinski definition) is 0. The molecule has 36 valence electrons. The third-order valence-corrected chi connectivity index (χ3v) is 1.22. The number of rotatable bonds is 0. The van der Waals surface area contributed by atoms with Crippen molar-refractivity contribution in [1.82, 2.24) is 0 Å². The first-order valence-corrected chi connectivity index (χ1v) is 2.63. The van der Waals surface area contributed by atoms with Crippen LogP contribution in [0.25, 0.3) is 0 Å². The Bertz CT molecular complexity index is 131. The molecule has 1 heteroatoms. The van der Waals surface area contributed by atoms with E-state index in [-0.39, 0.29) is 0 Å². The first-order chi connectivity index (χ1) is 3.29. The van der Waals surface area contributed by atoms with Crippen LogP contribution in [0.4, 0.5) is 0 Å². The average molecular weight is 91.9 g/mol. The summed E-state index contributed by atoms with van der Waals surface area (Å²) in [7, 11) is 0. The van der Waals surface area contributed by atoms with Crippen molar-refractivity contribution in [3.8, 4) is 0 Å². The van der Waals surface area contributed by atoms with Gasteiger partial charge in [0, 0.05) is 0 Å². The van der Waals surface area contributed by atoms with E-state index in [1.54, 1.807) is 0 Å². The van der Waals surface area contributed by atoms with Crippen LogP contribution in [0, 0.1) is 0 Å². The fraction of sp³-hybridized carbons (Fsp3) is 0.500. The molecular weight excluding hydrogens is 82.9 g/mol. The monoisotopic (exact) mass is 92.1 g/mol. The molecule has 0 fully saturated rings. The van der Waals surface area contributed by atoms with Gasteiger partial charge < -0.3 is 0 Å². The molecular formula is C6H9B. The van der Waals surface area contributed by atoms with Crippen LogP contribution in [0.5, 0.6) is 0 Å². The standard InChI is InChI=1S/C6H9B/c1-5-3-4-6(2)7-5/h3H,4H2,1-2H3. The molecule has 0 aromatic heterocycles. The Balaban J connectivity index is 2.69. The Kier molecular flexibility index (Phi) is 1.14. The molecule has 1 aliphatic rings. The van der Waals surface area contributed by atoms with E-state index < -0.39 is 0 Å². The summed E-state index contributed by atoms with van der Waals surface area (Å²) in [5.41, 5.74) is 2.90. The van der Waals surface area contributed by atoms with Crippen molar-refractivity contribution in [2.45, 2.75) is 20.3 Å². The van der Waals surface area contributed by atoms with Gasteiger partial charge in [0.1, 0.15) is 0 Å². The van der Waals surface area contributed by atoms with Crippen LogP contribution in [-0.2, 0) is 0 Å². The molecule has 0 saturated heterocycles. The second kappa shape index (κ2) is 1.65. The summed E-state index contributed by atoms with van der Waals surface area (Å²) >= 11 is 0. The predicted molar refractivity (Wildman–Crippen MR) is 34.8 cm³/mol. The van der Waals surface area contributed by atoms with Crippen molar-refractivity contribution in [2.75, 3.05) is 0 Å². The molecule has 0 amide bonds. The summed E-state index contributed by atoms with van der Waals surface area (Å²) in [6, 6.07) is 0. The van der Waals surface area contributed by atoms with Crippen molar-refractivity contribution in [3.63, 3.8) is 0 Å². The maximum atomic E-state index is 2.25. The molecule has 0 radical (unpaired) electrons. The van der Waals surface area contributed by atoms with E-state index >= 15 is 0 Å². The van der Waals surface area contributed by atoms with Crippen molar-refractivity contribution >= 4 is 12.4 Å². The van der Waals surface area contributed by atoms with Crippen LogP contribution in [0.1, 0.15) is 20.3 Å². The van der Waals surface area contributed by atoms with E-state index in [1.165, 1.54) is 17.4 Å². The Morgan fingerprint density at radius 2 is 2.29 bits per heavy atom. The van der Waals surface area contributed by atoms with Crippen LogP contribution in [-0.4, -0.2) is 12.4 Å². The van der Waals surface area contributed by atoms with Gasteiger partial charge in [0.25, 0.3) is 0 Å². The SMILES string of the molecule is CC1=BC(C)=CC1. The minimum atomic E-state index is 1.17. The van der Waals surface area contributed by atoms with Gasteiger partial charge in [-0.1, -0.05) is 0 Å². The van der Waals surface area contributed by atoms with Crippen LogP contribution in [0.2, 0.25) is 0 Å². The van der Waals surface area contributed by atoms with Gasteiger partial charge in [-0.15, -0.1) is 0 Å². The second-order valence-electron chi connectivity index (χ2n) is 2.14. The summed E-state index contributed by atoms with van der Waals surface area (Å²) in [5.74, 6) is 0. The van der Waals surface area contributed by atoms with Gasteiger partial charge in [-0.2, -0.15) is 0 Å². The Labute approximate surface area is 45.1 Å². The summed E-state index contributed by atoms with van der Waals surface area (Å²) < 4.78 is 0. The van der Waals surface area contributed by atoms with E-state index in [1.807, 2.05) is 0 Å². The van der Waals surface area contributed by atoms with Gasteiger partial charge in [0.2, 0.25) is 0 Å². The minimum absolute atomic E-state index is 1.17. The van der Waals surface area contributed by atoms with E-state index in [2.05, 4.69) is 26.8 Å². The molecule has 0 atom stereocenters. The van der Waals surface area contributed by atoms with E-state index in [0.717, 1.165) is 0 Å². The van der Waals surface area contributed by atoms with Gasteiger partial charge in [-0.25, -0.2) is 0 Å². The molecule has 0 N–H and O–H groups in total. The number of hydrogen-bond acceptors (Lipinski definition) is 0. The molecule has 0 saturated carbocycles. The zero-order valence-electron chi connectivity index (χ0n) is 4.86. The van der Waals surface area contributed by atoms with Gasteiger partial charge in [0.15, 0.2) is 0 Å². The Morgan fingerprint density at radius 1 is 1.57 bits per heavy atom. The first kappa shape index (κ1) is 4.82. The molecule has 7 heavy (non-hydrogen) atoms. The van der Waals surface area contributed by atoms with Crippen molar-refractivity contribution < 1.29 is 0 Å². The molecule has 0 spiro atoms. The quantitative estimate of drug-likeness (QED) is 0.393. The van der Waals surface area contributed by atoms with Crippen LogP contribution < -0.4 is 0 Å². The topological polar surface area (TPSA) is 0 Å². The maximum absolute atomic E-state index is 2.25. The molecule has 1 heterocycles. The molecule has 1 aliphatic heterocycles. The normalized spacial score (nSPS) is 18.0. The summed E-state index contributed by atoms with van der Waals surface area (Å²) in [5, 5.41) is 0. The molecule has 1 rings (SSSR count). The summed E-state index contributed by atoms with van der Waals surface area (Å²) in [6.07, 6.45) is 3.42. The predicted octanol–water partition coefficient (Wildman–Crippen LogP) is 1.19. The fourth-order valence-electron chi connectivity index (χ4n) is 0.828. The summed E-state index contributed by atoms with van der Waals surface area (Å²) in [4.78, 5) is 0. The van der Waals surface area contributed by atoms with Gasteiger partial charge >= 0.3 is 44.2 Å². The fourth-order valence-corrected chi connectivity index (χ4v) is 0.828. The van der Waals surface area contributed by atoms with Crippen molar-refractivity contribution in [2.24, 2.45) is 0 Å². The third-order valence-electron chi connectivity index (χ3n) is 1.22. The number of allylic oxidation sites excluding steroid dienone is 2. The van der Waals surface area contributed by atoms with Crippen LogP contribution in [0.15, 0.2) is 11.5 Å². The molecule has 0 nitrogen and oxygen atoms in total. The summed E-state index contributed by atoms with van der Waals surface area (Å²) in [6.45, 7) is 6.52. The zero-order valence-corrected chi connectivity index (χ0v) is 4.86. The van der Waals surface area contributed by atoms with Crippen LogP contribution >= 0.6 is 0 Å². The molecule has 0 bridgehead atoms. The molecule has 0 aromatic rings. The second-order valence-corrected chi connectivity index (χ2v) is 2.14. The first-order valence-electron chi connectivity index (χ1n) is 2.63. The van der Waals surface area contributed by atoms with E-state index in [4.69, 9.17) is 0 Å².